The Morgan fingerprint density at radius 3 is 2.70 bits per heavy atom. The third-order valence-corrected chi connectivity index (χ3v) is 6.52. The van der Waals surface area contributed by atoms with Crippen molar-refractivity contribution in [2.75, 3.05) is 32.8 Å². The van der Waals surface area contributed by atoms with Crippen molar-refractivity contribution in [3.8, 4) is 11.1 Å². The van der Waals surface area contributed by atoms with E-state index in [2.05, 4.69) is 35.3 Å². The number of hydrogen-bond donors (Lipinski definition) is 1. The van der Waals surface area contributed by atoms with Crippen molar-refractivity contribution >= 4 is 23.4 Å². The summed E-state index contributed by atoms with van der Waals surface area (Å²) in [5.74, 6) is -0.865. The largest absolute Gasteiger partial charge is 0.379 e. The van der Waals surface area contributed by atoms with Gasteiger partial charge in [-0.1, -0.05) is 48.0 Å². The van der Waals surface area contributed by atoms with Crippen molar-refractivity contribution in [1.29, 1.82) is 0 Å². The van der Waals surface area contributed by atoms with Gasteiger partial charge in [0, 0.05) is 31.6 Å². The van der Waals surface area contributed by atoms with Gasteiger partial charge in [-0.05, 0) is 42.0 Å². The highest BCUT2D eigenvalue weighted by atomic mass is 35.5. The van der Waals surface area contributed by atoms with Crippen LogP contribution in [0.15, 0.2) is 36.4 Å². The van der Waals surface area contributed by atoms with Gasteiger partial charge in [0.25, 0.3) is 0 Å². The van der Waals surface area contributed by atoms with Crippen molar-refractivity contribution in [2.24, 2.45) is 0 Å². The molecule has 158 valence electrons. The summed E-state index contributed by atoms with van der Waals surface area (Å²) < 4.78 is 5.42. The van der Waals surface area contributed by atoms with E-state index in [4.69, 9.17) is 16.3 Å². The SMILES string of the molecule is Cc1cc(-c2cccc(C3CCC(=O)NC3=O)c2Cl)ccc1CCN1CCOCC1. The summed E-state index contributed by atoms with van der Waals surface area (Å²) in [5, 5.41) is 3.01. The first kappa shape index (κ1) is 21.0. The van der Waals surface area contributed by atoms with Gasteiger partial charge in [-0.15, -0.1) is 0 Å². The van der Waals surface area contributed by atoms with Crippen LogP contribution < -0.4 is 5.32 Å². The molecule has 0 radical (unpaired) electrons. The van der Waals surface area contributed by atoms with E-state index in [1.165, 1.54) is 11.1 Å². The molecule has 2 saturated heterocycles. The maximum absolute atomic E-state index is 12.3. The number of benzene rings is 2. The molecule has 2 fully saturated rings. The number of nitrogens with zero attached hydrogens (tertiary/aromatic N) is 1. The number of nitrogens with one attached hydrogen (secondary N) is 1. The minimum absolute atomic E-state index is 0.216. The highest BCUT2D eigenvalue weighted by Gasteiger charge is 2.30. The Kier molecular flexibility index (Phi) is 6.52. The quantitative estimate of drug-likeness (QED) is 0.740. The summed E-state index contributed by atoms with van der Waals surface area (Å²) in [6.45, 7) is 6.81. The average molecular weight is 427 g/mol. The molecule has 2 amide bonds. The van der Waals surface area contributed by atoms with Crippen LogP contribution in [0, 0.1) is 6.92 Å². The Bertz CT molecular complexity index is 953. The summed E-state index contributed by atoms with van der Waals surface area (Å²) >= 11 is 6.75. The number of carbonyl (C=O) groups is 2. The molecule has 30 heavy (non-hydrogen) atoms. The Labute approximate surface area is 182 Å². The molecular weight excluding hydrogens is 400 g/mol. The van der Waals surface area contributed by atoms with Gasteiger partial charge < -0.3 is 4.74 Å². The Hall–Kier alpha value is -2.21. The number of halogens is 1. The molecule has 2 aromatic carbocycles. The molecule has 2 aliphatic rings. The van der Waals surface area contributed by atoms with Crippen LogP contribution in [0.5, 0.6) is 0 Å². The van der Waals surface area contributed by atoms with E-state index >= 15 is 0 Å². The molecule has 5 nitrogen and oxygen atoms in total. The van der Waals surface area contributed by atoms with Crippen molar-refractivity contribution in [3.05, 3.63) is 58.1 Å². The number of morpholine rings is 1. The molecule has 2 heterocycles. The second-order valence-electron chi connectivity index (χ2n) is 8.06. The molecule has 4 rings (SSSR count). The molecule has 1 unspecified atom stereocenters. The maximum Gasteiger partial charge on any atom is 0.234 e. The van der Waals surface area contributed by atoms with Crippen LogP contribution >= 0.6 is 11.6 Å². The van der Waals surface area contributed by atoms with Gasteiger partial charge in [0.15, 0.2) is 0 Å². The minimum Gasteiger partial charge on any atom is -0.379 e. The van der Waals surface area contributed by atoms with E-state index < -0.39 is 0 Å². The van der Waals surface area contributed by atoms with E-state index in [1.807, 2.05) is 18.2 Å². The van der Waals surface area contributed by atoms with Crippen LogP contribution in [0.25, 0.3) is 11.1 Å². The number of piperidine rings is 1. The highest BCUT2D eigenvalue weighted by Crippen LogP contribution is 2.37. The average Bonchev–Trinajstić information content (AvgIpc) is 2.74. The number of hydrogen-bond acceptors (Lipinski definition) is 4. The zero-order valence-electron chi connectivity index (χ0n) is 17.2. The van der Waals surface area contributed by atoms with Crippen LogP contribution in [-0.4, -0.2) is 49.6 Å². The second kappa shape index (κ2) is 9.29. The van der Waals surface area contributed by atoms with E-state index in [1.54, 1.807) is 0 Å². The smallest absolute Gasteiger partial charge is 0.234 e. The highest BCUT2D eigenvalue weighted by molar-refractivity contribution is 6.34. The number of imide groups is 1. The Balaban J connectivity index is 1.53. The van der Waals surface area contributed by atoms with Crippen molar-refractivity contribution in [3.63, 3.8) is 0 Å². The standard InChI is InChI=1S/C24H27ClN2O3/c1-16-15-18(6-5-17(16)9-10-27-11-13-30-14-12-27)19-3-2-4-20(23(19)25)21-7-8-22(28)26-24(21)29/h2-6,15,21H,7-14H2,1H3,(H,26,28,29). The summed E-state index contributed by atoms with van der Waals surface area (Å²) in [7, 11) is 0. The first-order chi connectivity index (χ1) is 14.5. The fraction of sp³-hybridized carbons (Fsp3) is 0.417. The first-order valence-electron chi connectivity index (χ1n) is 10.5. The van der Waals surface area contributed by atoms with E-state index in [-0.39, 0.29) is 17.7 Å². The normalized spacial score (nSPS) is 20.3. The topological polar surface area (TPSA) is 58.6 Å². The van der Waals surface area contributed by atoms with Gasteiger partial charge in [-0.25, -0.2) is 0 Å². The summed E-state index contributed by atoms with van der Waals surface area (Å²) in [4.78, 5) is 26.2. The first-order valence-corrected chi connectivity index (χ1v) is 10.9. The zero-order chi connectivity index (χ0) is 21.1. The lowest BCUT2D eigenvalue weighted by Gasteiger charge is -2.26. The summed E-state index contributed by atoms with van der Waals surface area (Å²) in [5.41, 5.74) is 5.32. The van der Waals surface area contributed by atoms with Crippen LogP contribution in [0.4, 0.5) is 0 Å². The third kappa shape index (κ3) is 4.59. The van der Waals surface area contributed by atoms with Crippen molar-refractivity contribution in [1.82, 2.24) is 10.2 Å². The number of amides is 2. The van der Waals surface area contributed by atoms with Gasteiger partial charge in [0.1, 0.15) is 0 Å². The van der Waals surface area contributed by atoms with Crippen LogP contribution in [-0.2, 0) is 20.7 Å². The summed E-state index contributed by atoms with van der Waals surface area (Å²) in [6.07, 6.45) is 1.84. The molecule has 2 aliphatic heterocycles. The number of ether oxygens (including phenoxy) is 1. The van der Waals surface area contributed by atoms with Crippen molar-refractivity contribution in [2.45, 2.75) is 32.1 Å². The molecular formula is C24H27ClN2O3. The summed E-state index contributed by atoms with van der Waals surface area (Å²) in [6, 6.07) is 12.3. The number of aryl methyl sites for hydroxylation is 1. The third-order valence-electron chi connectivity index (χ3n) is 6.10. The Morgan fingerprint density at radius 2 is 1.97 bits per heavy atom. The molecule has 2 aromatic rings. The second-order valence-corrected chi connectivity index (χ2v) is 8.44. The lowest BCUT2D eigenvalue weighted by atomic mass is 9.88. The molecule has 0 spiro atoms. The van der Waals surface area contributed by atoms with E-state index in [0.717, 1.165) is 56.0 Å². The van der Waals surface area contributed by atoms with Gasteiger partial charge in [-0.2, -0.15) is 0 Å². The Morgan fingerprint density at radius 1 is 1.17 bits per heavy atom. The predicted molar refractivity (Wildman–Crippen MR) is 118 cm³/mol. The van der Waals surface area contributed by atoms with Gasteiger partial charge >= 0.3 is 0 Å². The number of carbonyl (C=O) groups excluding carboxylic acids is 2. The molecule has 1 atom stereocenters. The molecule has 0 bridgehead atoms. The van der Waals surface area contributed by atoms with Crippen molar-refractivity contribution < 1.29 is 14.3 Å². The monoisotopic (exact) mass is 426 g/mol. The van der Waals surface area contributed by atoms with Gasteiger partial charge in [-0.3, -0.25) is 19.8 Å². The number of rotatable bonds is 5. The molecule has 0 aliphatic carbocycles. The fourth-order valence-electron chi connectivity index (χ4n) is 4.28. The predicted octanol–water partition coefficient (Wildman–Crippen LogP) is 3.71. The lowest BCUT2D eigenvalue weighted by molar-refractivity contribution is -0.134. The van der Waals surface area contributed by atoms with Gasteiger partial charge in [0.05, 0.1) is 24.2 Å². The molecule has 0 saturated carbocycles. The van der Waals surface area contributed by atoms with E-state index in [0.29, 0.717) is 17.9 Å². The fourth-order valence-corrected chi connectivity index (χ4v) is 4.65. The van der Waals surface area contributed by atoms with Gasteiger partial charge in [0.2, 0.25) is 11.8 Å². The minimum atomic E-state index is -0.385. The maximum atomic E-state index is 12.3. The molecule has 6 heteroatoms. The molecule has 1 N–H and O–H groups in total. The zero-order valence-corrected chi connectivity index (χ0v) is 18.0. The molecule has 0 aromatic heterocycles. The lowest BCUT2D eigenvalue weighted by Crippen LogP contribution is -2.39. The van der Waals surface area contributed by atoms with Crippen LogP contribution in [0.2, 0.25) is 5.02 Å². The van der Waals surface area contributed by atoms with Crippen LogP contribution in [0.1, 0.15) is 35.4 Å². The van der Waals surface area contributed by atoms with Crippen LogP contribution in [0.3, 0.4) is 0 Å². The van der Waals surface area contributed by atoms with E-state index in [9.17, 15) is 9.59 Å².